The van der Waals surface area contributed by atoms with E-state index in [-0.39, 0.29) is 5.84 Å². The van der Waals surface area contributed by atoms with Crippen molar-refractivity contribution in [2.24, 2.45) is 10.9 Å². The molecule has 1 aliphatic heterocycles. The van der Waals surface area contributed by atoms with Crippen LogP contribution >= 0.6 is 0 Å². The van der Waals surface area contributed by atoms with Gasteiger partial charge in [-0.1, -0.05) is 5.16 Å². The number of aliphatic hydroxyl groups is 1. The Morgan fingerprint density at radius 2 is 2.33 bits per heavy atom. The summed E-state index contributed by atoms with van der Waals surface area (Å²) in [5.74, 6) is 0.277. The molecule has 0 aromatic heterocycles. The quantitative estimate of drug-likeness (QED) is 0.274. The Bertz CT molecular complexity index is 229. The zero-order chi connectivity index (χ0) is 11.3. The lowest BCUT2D eigenvalue weighted by molar-refractivity contribution is -0.0155. The third-order valence-electron chi connectivity index (χ3n) is 2.79. The van der Waals surface area contributed by atoms with Crippen LogP contribution in [0.25, 0.3) is 0 Å². The fourth-order valence-corrected chi connectivity index (χ4v) is 2.05. The largest absolute Gasteiger partial charge is 0.409 e. The van der Waals surface area contributed by atoms with Crippen molar-refractivity contribution in [2.75, 3.05) is 19.6 Å². The smallest absolute Gasteiger partial charge is 0.139 e. The van der Waals surface area contributed by atoms with E-state index < -0.39 is 5.60 Å². The van der Waals surface area contributed by atoms with Crippen LogP contribution in [0.3, 0.4) is 0 Å². The second-order valence-electron chi connectivity index (χ2n) is 4.57. The van der Waals surface area contributed by atoms with Crippen molar-refractivity contribution in [3.8, 4) is 0 Å². The van der Waals surface area contributed by atoms with Gasteiger partial charge in [-0.3, -0.25) is 0 Å². The van der Waals surface area contributed by atoms with Crippen LogP contribution in [0.2, 0.25) is 0 Å². The standard InChI is InChI=1S/C10H21N3O2/c1-10(14)5-3-7-13(8-10)6-2-4-9(11)12-15/h14-15H,2-8H2,1H3,(H2,11,12). The van der Waals surface area contributed by atoms with Crippen LogP contribution < -0.4 is 5.73 Å². The Labute approximate surface area is 90.6 Å². The normalized spacial score (nSPS) is 29.3. The summed E-state index contributed by atoms with van der Waals surface area (Å²) in [6.07, 6.45) is 3.39. The van der Waals surface area contributed by atoms with Gasteiger partial charge in [0.05, 0.1) is 5.60 Å². The van der Waals surface area contributed by atoms with Crippen LogP contribution in [0.4, 0.5) is 0 Å². The molecule has 1 heterocycles. The molecule has 15 heavy (non-hydrogen) atoms. The van der Waals surface area contributed by atoms with E-state index in [2.05, 4.69) is 10.1 Å². The van der Waals surface area contributed by atoms with Gasteiger partial charge in [0.1, 0.15) is 5.84 Å². The number of rotatable bonds is 4. The minimum Gasteiger partial charge on any atom is -0.409 e. The topological polar surface area (TPSA) is 82.1 Å². The number of piperidine rings is 1. The fraction of sp³-hybridized carbons (Fsp3) is 0.900. The van der Waals surface area contributed by atoms with Gasteiger partial charge in [-0.2, -0.15) is 0 Å². The summed E-state index contributed by atoms with van der Waals surface area (Å²) in [5, 5.41) is 21.2. The number of nitrogens with zero attached hydrogens (tertiary/aromatic N) is 2. The Morgan fingerprint density at radius 3 is 2.93 bits per heavy atom. The number of oxime groups is 1. The van der Waals surface area contributed by atoms with Gasteiger partial charge in [0.25, 0.3) is 0 Å². The van der Waals surface area contributed by atoms with E-state index in [1.165, 1.54) is 0 Å². The monoisotopic (exact) mass is 215 g/mol. The summed E-state index contributed by atoms with van der Waals surface area (Å²) < 4.78 is 0. The Hall–Kier alpha value is -0.810. The molecular weight excluding hydrogens is 194 g/mol. The molecule has 1 fully saturated rings. The predicted octanol–water partition coefficient (Wildman–Crippen LogP) is 0.360. The number of hydrogen-bond donors (Lipinski definition) is 3. The molecule has 0 aromatic carbocycles. The molecular formula is C10H21N3O2. The molecule has 1 atom stereocenters. The molecule has 0 saturated carbocycles. The molecule has 1 saturated heterocycles. The zero-order valence-electron chi connectivity index (χ0n) is 9.32. The molecule has 0 spiro atoms. The van der Waals surface area contributed by atoms with E-state index in [1.807, 2.05) is 6.92 Å². The number of hydrogen-bond acceptors (Lipinski definition) is 4. The molecule has 4 N–H and O–H groups in total. The second kappa shape index (κ2) is 5.32. The average Bonchev–Trinajstić information content (AvgIpc) is 2.16. The maximum atomic E-state index is 9.87. The molecule has 1 aliphatic rings. The van der Waals surface area contributed by atoms with E-state index in [1.54, 1.807) is 0 Å². The number of nitrogens with two attached hydrogens (primary N) is 1. The third kappa shape index (κ3) is 4.48. The first kappa shape index (κ1) is 12.3. The van der Waals surface area contributed by atoms with Gasteiger partial charge in [-0.25, -0.2) is 0 Å². The Morgan fingerprint density at radius 1 is 1.60 bits per heavy atom. The van der Waals surface area contributed by atoms with Gasteiger partial charge in [-0.15, -0.1) is 0 Å². The maximum Gasteiger partial charge on any atom is 0.139 e. The molecule has 5 nitrogen and oxygen atoms in total. The maximum absolute atomic E-state index is 9.87. The first-order valence-electron chi connectivity index (χ1n) is 5.45. The van der Waals surface area contributed by atoms with Crippen molar-refractivity contribution in [2.45, 2.75) is 38.2 Å². The van der Waals surface area contributed by atoms with E-state index in [0.29, 0.717) is 6.42 Å². The van der Waals surface area contributed by atoms with E-state index in [0.717, 1.165) is 38.9 Å². The van der Waals surface area contributed by atoms with Crippen LogP contribution in [0.1, 0.15) is 32.6 Å². The summed E-state index contributed by atoms with van der Waals surface area (Å²) in [4.78, 5) is 2.23. The lowest BCUT2D eigenvalue weighted by Gasteiger charge is -2.36. The van der Waals surface area contributed by atoms with Crippen LogP contribution in [-0.2, 0) is 0 Å². The fourth-order valence-electron chi connectivity index (χ4n) is 2.05. The Kier molecular flexibility index (Phi) is 4.35. The highest BCUT2D eigenvalue weighted by molar-refractivity contribution is 5.79. The van der Waals surface area contributed by atoms with Crippen molar-refractivity contribution in [3.05, 3.63) is 0 Å². The summed E-state index contributed by atoms with van der Waals surface area (Å²) in [6.45, 7) is 4.53. The third-order valence-corrected chi connectivity index (χ3v) is 2.79. The molecule has 0 bridgehead atoms. The first-order chi connectivity index (χ1) is 7.03. The van der Waals surface area contributed by atoms with Crippen molar-refractivity contribution in [1.82, 2.24) is 4.90 Å². The van der Waals surface area contributed by atoms with Gasteiger partial charge < -0.3 is 20.9 Å². The number of likely N-dealkylation sites (tertiary alicyclic amines) is 1. The molecule has 0 aromatic rings. The summed E-state index contributed by atoms with van der Waals surface area (Å²) in [7, 11) is 0. The van der Waals surface area contributed by atoms with Crippen molar-refractivity contribution < 1.29 is 10.3 Å². The van der Waals surface area contributed by atoms with Gasteiger partial charge in [0, 0.05) is 13.0 Å². The highest BCUT2D eigenvalue weighted by Crippen LogP contribution is 2.20. The van der Waals surface area contributed by atoms with E-state index in [4.69, 9.17) is 10.9 Å². The van der Waals surface area contributed by atoms with Crippen LogP contribution in [0, 0.1) is 0 Å². The highest BCUT2D eigenvalue weighted by Gasteiger charge is 2.27. The van der Waals surface area contributed by atoms with Crippen LogP contribution in [0.5, 0.6) is 0 Å². The summed E-state index contributed by atoms with van der Waals surface area (Å²) in [5.41, 5.74) is 4.83. The first-order valence-corrected chi connectivity index (χ1v) is 5.45. The van der Waals surface area contributed by atoms with E-state index >= 15 is 0 Å². The van der Waals surface area contributed by atoms with Gasteiger partial charge in [0.15, 0.2) is 0 Å². The van der Waals surface area contributed by atoms with Crippen molar-refractivity contribution in [3.63, 3.8) is 0 Å². The van der Waals surface area contributed by atoms with Gasteiger partial charge >= 0.3 is 0 Å². The molecule has 1 rings (SSSR count). The minimum atomic E-state index is -0.547. The highest BCUT2D eigenvalue weighted by atomic mass is 16.4. The second-order valence-corrected chi connectivity index (χ2v) is 4.57. The predicted molar refractivity (Wildman–Crippen MR) is 58.9 cm³/mol. The lowest BCUT2D eigenvalue weighted by atomic mass is 9.95. The number of β-amino-alcohol motifs (C(OH)–C–C–N with tert-alkyl or cyclic N) is 1. The molecule has 0 amide bonds. The summed E-state index contributed by atoms with van der Waals surface area (Å²) in [6, 6.07) is 0. The number of amidine groups is 1. The van der Waals surface area contributed by atoms with E-state index in [9.17, 15) is 5.11 Å². The molecule has 0 aliphatic carbocycles. The molecule has 0 radical (unpaired) electrons. The average molecular weight is 215 g/mol. The Balaban J connectivity index is 2.21. The van der Waals surface area contributed by atoms with Crippen molar-refractivity contribution in [1.29, 1.82) is 0 Å². The molecule has 5 heteroatoms. The molecule has 1 unspecified atom stereocenters. The van der Waals surface area contributed by atoms with Crippen molar-refractivity contribution >= 4 is 5.84 Å². The molecule has 88 valence electrons. The van der Waals surface area contributed by atoms with Gasteiger partial charge in [0.2, 0.25) is 0 Å². The van der Waals surface area contributed by atoms with Gasteiger partial charge in [-0.05, 0) is 39.3 Å². The lowest BCUT2D eigenvalue weighted by Crippen LogP contribution is -2.46. The SMILES string of the molecule is CC1(O)CCCN(CCCC(N)=NO)C1. The van der Waals surface area contributed by atoms with Crippen LogP contribution in [0.15, 0.2) is 5.16 Å². The van der Waals surface area contributed by atoms with Crippen LogP contribution in [-0.4, -0.2) is 46.3 Å². The minimum absolute atomic E-state index is 0.277. The zero-order valence-corrected chi connectivity index (χ0v) is 9.32. The summed E-state index contributed by atoms with van der Waals surface area (Å²) >= 11 is 0.